The van der Waals surface area contributed by atoms with E-state index in [4.69, 9.17) is 5.73 Å². The lowest BCUT2D eigenvalue weighted by Gasteiger charge is -2.52. The summed E-state index contributed by atoms with van der Waals surface area (Å²) in [4.78, 5) is 5.02. The Kier molecular flexibility index (Phi) is 9.50. The summed E-state index contributed by atoms with van der Waals surface area (Å²) in [6, 6.07) is 0. The molecule has 0 spiro atoms. The van der Waals surface area contributed by atoms with Gasteiger partial charge in [0.05, 0.1) is 0 Å². The molecule has 1 aliphatic carbocycles. The van der Waals surface area contributed by atoms with Crippen molar-refractivity contribution in [1.82, 2.24) is 9.80 Å². The smallest absolute Gasteiger partial charge is 0.0332 e. The van der Waals surface area contributed by atoms with Gasteiger partial charge in [0.1, 0.15) is 0 Å². The quantitative estimate of drug-likeness (QED) is 0.835. The summed E-state index contributed by atoms with van der Waals surface area (Å²) in [5.41, 5.74) is 6.28. The van der Waals surface area contributed by atoms with Crippen molar-refractivity contribution >= 4 is 37.2 Å². The molecule has 1 saturated heterocycles. The Morgan fingerprint density at radius 3 is 1.81 bits per heavy atom. The molecule has 1 saturated carbocycles. The monoisotopic (exact) mass is 291 g/mol. The van der Waals surface area contributed by atoms with Gasteiger partial charge >= 0.3 is 0 Å². The average molecular weight is 293 g/mol. The molecule has 3 nitrogen and oxygen atoms in total. The van der Waals surface area contributed by atoms with Gasteiger partial charge in [-0.1, -0.05) is 0 Å². The second-order valence-electron chi connectivity index (χ2n) is 4.57. The van der Waals surface area contributed by atoms with Gasteiger partial charge in [0.15, 0.2) is 0 Å². The van der Waals surface area contributed by atoms with Crippen molar-refractivity contribution in [1.29, 1.82) is 0 Å². The van der Waals surface area contributed by atoms with Crippen molar-refractivity contribution in [3.8, 4) is 0 Å². The molecule has 0 atom stereocenters. The van der Waals surface area contributed by atoms with Crippen LogP contribution in [0.25, 0.3) is 0 Å². The summed E-state index contributed by atoms with van der Waals surface area (Å²) in [6.45, 7) is 5.71. The Hall–Kier alpha value is 0.750. The summed E-state index contributed by atoms with van der Waals surface area (Å²) >= 11 is 0. The minimum absolute atomic E-state index is 0. The molecule has 0 bridgehead atoms. The van der Waals surface area contributed by atoms with Crippen LogP contribution in [-0.4, -0.2) is 55.1 Å². The number of piperazine rings is 1. The first kappa shape index (κ1) is 19.1. The summed E-state index contributed by atoms with van der Waals surface area (Å²) in [6.07, 6.45) is 4.03. The molecule has 2 rings (SSSR count). The molecule has 2 aliphatic rings. The van der Waals surface area contributed by atoms with Gasteiger partial charge in [0, 0.05) is 38.3 Å². The van der Waals surface area contributed by atoms with E-state index in [0.717, 1.165) is 6.54 Å². The van der Waals surface area contributed by atoms with Crippen LogP contribution in [0.2, 0.25) is 0 Å². The maximum Gasteiger partial charge on any atom is 0.0332 e. The van der Waals surface area contributed by atoms with E-state index in [2.05, 4.69) is 16.8 Å². The first-order chi connectivity index (χ1) is 6.27. The zero-order valence-electron chi connectivity index (χ0n) is 9.85. The molecule has 1 heterocycles. The number of halogens is 3. The number of hydrogen-bond acceptors (Lipinski definition) is 3. The normalized spacial score (nSPS) is 24.4. The van der Waals surface area contributed by atoms with Crippen molar-refractivity contribution in [2.45, 2.75) is 24.8 Å². The molecule has 0 unspecified atom stereocenters. The van der Waals surface area contributed by atoms with Gasteiger partial charge in [0.25, 0.3) is 0 Å². The molecule has 1 aliphatic heterocycles. The fourth-order valence-electron chi connectivity index (χ4n) is 2.52. The van der Waals surface area contributed by atoms with E-state index >= 15 is 0 Å². The Balaban J connectivity index is 0. The van der Waals surface area contributed by atoms with E-state index in [1.165, 1.54) is 45.4 Å². The molecule has 0 amide bonds. The van der Waals surface area contributed by atoms with Gasteiger partial charge in [-0.05, 0) is 26.3 Å². The van der Waals surface area contributed by atoms with Crippen LogP contribution in [-0.2, 0) is 0 Å². The van der Waals surface area contributed by atoms with E-state index in [1.54, 1.807) is 0 Å². The number of nitrogens with two attached hydrogens (primary N) is 1. The second kappa shape index (κ2) is 7.96. The largest absolute Gasteiger partial charge is 0.329 e. The maximum absolute atomic E-state index is 5.88. The van der Waals surface area contributed by atoms with Crippen LogP contribution in [0.5, 0.6) is 0 Å². The fraction of sp³-hybridized carbons (Fsp3) is 1.00. The van der Waals surface area contributed by atoms with Gasteiger partial charge in [-0.2, -0.15) is 0 Å². The minimum Gasteiger partial charge on any atom is -0.329 e. The van der Waals surface area contributed by atoms with E-state index in [-0.39, 0.29) is 37.2 Å². The van der Waals surface area contributed by atoms with Gasteiger partial charge in [-0.15, -0.1) is 37.2 Å². The number of hydrogen-bond donors (Lipinski definition) is 1. The Labute approximate surface area is 117 Å². The van der Waals surface area contributed by atoms with Gasteiger partial charge in [-0.3, -0.25) is 4.90 Å². The second-order valence-corrected chi connectivity index (χ2v) is 4.57. The van der Waals surface area contributed by atoms with Crippen LogP contribution < -0.4 is 5.73 Å². The Morgan fingerprint density at radius 1 is 1.00 bits per heavy atom. The van der Waals surface area contributed by atoms with Crippen LogP contribution >= 0.6 is 37.2 Å². The number of likely N-dealkylation sites (N-methyl/N-ethyl adjacent to an activating group) is 1. The molecule has 6 heteroatoms. The predicted octanol–water partition coefficient (Wildman–Crippen LogP) is 1.38. The maximum atomic E-state index is 5.88. The van der Waals surface area contributed by atoms with Crippen LogP contribution in [0, 0.1) is 0 Å². The summed E-state index contributed by atoms with van der Waals surface area (Å²) < 4.78 is 0. The topological polar surface area (TPSA) is 32.5 Å². The van der Waals surface area contributed by atoms with Crippen LogP contribution in [0.15, 0.2) is 0 Å². The molecule has 16 heavy (non-hydrogen) atoms. The van der Waals surface area contributed by atoms with Gasteiger partial charge < -0.3 is 10.6 Å². The number of rotatable bonds is 2. The zero-order valence-corrected chi connectivity index (χ0v) is 12.3. The summed E-state index contributed by atoms with van der Waals surface area (Å²) in [5, 5.41) is 0. The van der Waals surface area contributed by atoms with Crippen molar-refractivity contribution in [2.75, 3.05) is 39.8 Å². The molecule has 0 aromatic heterocycles. The molecule has 100 valence electrons. The highest BCUT2D eigenvalue weighted by Gasteiger charge is 2.41. The third-order valence-electron chi connectivity index (χ3n) is 3.84. The minimum atomic E-state index is 0. The Bertz CT molecular complexity index is 175. The highest BCUT2D eigenvalue weighted by atomic mass is 35.5. The Morgan fingerprint density at radius 2 is 1.50 bits per heavy atom. The van der Waals surface area contributed by atoms with E-state index in [1.807, 2.05) is 0 Å². The standard InChI is InChI=1S/C10H21N3.3ClH/c1-12-5-7-13(8-6-12)10(9-11)3-2-4-10;;;/h2-9,11H2,1H3;3*1H. The van der Waals surface area contributed by atoms with E-state index in [0.29, 0.717) is 5.54 Å². The molecular weight excluding hydrogens is 268 g/mol. The molecule has 2 N–H and O–H groups in total. The molecule has 0 aromatic rings. The lowest BCUT2D eigenvalue weighted by atomic mass is 9.75. The fourth-order valence-corrected chi connectivity index (χ4v) is 2.52. The average Bonchev–Trinajstić information content (AvgIpc) is 2.07. The van der Waals surface area contributed by atoms with Crippen LogP contribution in [0.1, 0.15) is 19.3 Å². The summed E-state index contributed by atoms with van der Waals surface area (Å²) in [5.74, 6) is 0. The first-order valence-corrected chi connectivity index (χ1v) is 5.40. The van der Waals surface area contributed by atoms with Gasteiger partial charge in [-0.25, -0.2) is 0 Å². The zero-order chi connectivity index (χ0) is 9.31. The van der Waals surface area contributed by atoms with Gasteiger partial charge in [0.2, 0.25) is 0 Å². The third-order valence-corrected chi connectivity index (χ3v) is 3.84. The van der Waals surface area contributed by atoms with Crippen molar-refractivity contribution in [2.24, 2.45) is 5.73 Å². The molecule has 0 radical (unpaired) electrons. The molecular formula is C10H24Cl3N3. The van der Waals surface area contributed by atoms with Crippen molar-refractivity contribution in [3.63, 3.8) is 0 Å². The van der Waals surface area contributed by atoms with E-state index in [9.17, 15) is 0 Å². The van der Waals surface area contributed by atoms with Crippen LogP contribution in [0.4, 0.5) is 0 Å². The van der Waals surface area contributed by atoms with Crippen molar-refractivity contribution < 1.29 is 0 Å². The lowest BCUT2D eigenvalue weighted by Crippen LogP contribution is -2.62. The number of nitrogens with zero attached hydrogens (tertiary/aromatic N) is 2. The predicted molar refractivity (Wildman–Crippen MR) is 76.5 cm³/mol. The van der Waals surface area contributed by atoms with E-state index < -0.39 is 0 Å². The third kappa shape index (κ3) is 3.62. The molecule has 0 aromatic carbocycles. The lowest BCUT2D eigenvalue weighted by molar-refractivity contribution is -0.00736. The first-order valence-electron chi connectivity index (χ1n) is 5.40. The highest BCUT2D eigenvalue weighted by molar-refractivity contribution is 5.86. The van der Waals surface area contributed by atoms with Crippen molar-refractivity contribution in [3.05, 3.63) is 0 Å². The molecule has 2 fully saturated rings. The summed E-state index contributed by atoms with van der Waals surface area (Å²) in [7, 11) is 2.20. The highest BCUT2D eigenvalue weighted by Crippen LogP contribution is 2.37. The SMILES string of the molecule is CN1CCN(C2(CN)CCC2)CC1.Cl.Cl.Cl. The van der Waals surface area contributed by atoms with Crippen LogP contribution in [0.3, 0.4) is 0 Å².